The Morgan fingerprint density at radius 2 is 2.16 bits per heavy atom. The van der Waals surface area contributed by atoms with E-state index < -0.39 is 35.2 Å². The van der Waals surface area contributed by atoms with Gasteiger partial charge in [-0.25, -0.2) is 9.78 Å². The summed E-state index contributed by atoms with van der Waals surface area (Å²) < 4.78 is 4.90. The minimum Gasteiger partial charge on any atom is -0.477 e. The molecule has 0 bridgehead atoms. The molecule has 3 heterocycles. The van der Waals surface area contributed by atoms with Crippen LogP contribution in [0.4, 0.5) is 5.13 Å². The molecule has 2 aliphatic rings. The Hall–Kier alpha value is -3.13. The molecule has 32 heavy (non-hydrogen) atoms. The number of rotatable bonds is 8. The van der Waals surface area contributed by atoms with Crippen LogP contribution in [0.3, 0.4) is 0 Å². The van der Waals surface area contributed by atoms with Crippen molar-refractivity contribution >= 4 is 57.7 Å². The Morgan fingerprint density at radius 1 is 1.44 bits per heavy atom. The van der Waals surface area contributed by atoms with E-state index in [2.05, 4.69) is 15.5 Å². The molecule has 2 atom stereocenters. The number of carboxylic acids is 1. The number of aromatic nitrogens is 1. The molecule has 1 unspecified atom stereocenters. The lowest BCUT2D eigenvalue weighted by Crippen LogP contribution is -2.71. The van der Waals surface area contributed by atoms with Gasteiger partial charge >= 0.3 is 11.9 Å². The van der Waals surface area contributed by atoms with Crippen molar-refractivity contribution in [2.45, 2.75) is 38.3 Å². The number of nitrogen functional groups attached to an aromatic ring is 1. The number of thioether (sulfide) groups is 1. The van der Waals surface area contributed by atoms with Crippen molar-refractivity contribution in [3.63, 3.8) is 0 Å². The second kappa shape index (κ2) is 9.56. The Balaban J connectivity index is 1.78. The van der Waals surface area contributed by atoms with Gasteiger partial charge in [-0.05, 0) is 13.8 Å². The number of fused-ring (bicyclic) bond motifs is 1. The first kappa shape index (κ1) is 23.5. The summed E-state index contributed by atoms with van der Waals surface area (Å²) in [4.78, 5) is 58.8. The summed E-state index contributed by atoms with van der Waals surface area (Å²) in [6, 6.07) is -0.975. The third kappa shape index (κ3) is 4.85. The number of hydrogen-bond acceptors (Lipinski definition) is 11. The van der Waals surface area contributed by atoms with Gasteiger partial charge in [-0.15, -0.1) is 23.1 Å². The average Bonchev–Trinajstić information content (AvgIpc) is 3.15. The van der Waals surface area contributed by atoms with Gasteiger partial charge in [0.25, 0.3) is 11.8 Å². The lowest BCUT2D eigenvalue weighted by Gasteiger charge is -2.49. The largest absolute Gasteiger partial charge is 0.477 e. The zero-order valence-corrected chi connectivity index (χ0v) is 19.0. The fourth-order valence-corrected chi connectivity index (χ4v) is 4.83. The van der Waals surface area contributed by atoms with E-state index in [1.54, 1.807) is 13.8 Å². The molecule has 0 aromatic carbocycles. The fourth-order valence-electron chi connectivity index (χ4n) is 2.95. The zero-order chi connectivity index (χ0) is 23.6. The van der Waals surface area contributed by atoms with Crippen LogP contribution in [-0.2, 0) is 28.8 Å². The summed E-state index contributed by atoms with van der Waals surface area (Å²) in [5.74, 6) is -2.97. The summed E-state index contributed by atoms with van der Waals surface area (Å²) in [5.41, 5.74) is 5.75. The molecule has 1 aromatic rings. The summed E-state index contributed by atoms with van der Waals surface area (Å²) in [5, 5.41) is 17.2. The summed E-state index contributed by atoms with van der Waals surface area (Å²) in [6.07, 6.45) is -0.303. The first-order valence-electron chi connectivity index (χ1n) is 9.39. The van der Waals surface area contributed by atoms with E-state index in [1.165, 1.54) is 24.1 Å². The molecule has 14 heteroatoms. The van der Waals surface area contributed by atoms with Gasteiger partial charge in [0.1, 0.15) is 35.5 Å². The number of esters is 1. The van der Waals surface area contributed by atoms with Crippen LogP contribution in [-0.4, -0.2) is 74.3 Å². The molecule has 1 fully saturated rings. The second-order valence-electron chi connectivity index (χ2n) is 7.06. The Morgan fingerprint density at radius 3 is 2.72 bits per heavy atom. The number of thiazole rings is 1. The molecule has 1 aromatic heterocycles. The van der Waals surface area contributed by atoms with Crippen molar-refractivity contribution in [1.82, 2.24) is 15.2 Å². The Labute approximate surface area is 190 Å². The third-order valence-corrected chi connectivity index (χ3v) is 6.33. The van der Waals surface area contributed by atoms with Gasteiger partial charge in [-0.2, -0.15) is 0 Å². The van der Waals surface area contributed by atoms with Gasteiger partial charge < -0.3 is 25.7 Å². The van der Waals surface area contributed by atoms with Gasteiger partial charge in [-0.3, -0.25) is 19.3 Å². The van der Waals surface area contributed by atoms with E-state index in [9.17, 15) is 24.3 Å². The molecular formula is C18H21N5O7S2. The molecule has 2 amide bonds. The molecular weight excluding hydrogens is 462 g/mol. The quantitative estimate of drug-likeness (QED) is 0.200. The van der Waals surface area contributed by atoms with Crippen LogP contribution in [0, 0.1) is 0 Å². The van der Waals surface area contributed by atoms with Crippen molar-refractivity contribution in [3.05, 3.63) is 22.3 Å². The van der Waals surface area contributed by atoms with E-state index >= 15 is 0 Å². The number of carboxylic acid groups (broad SMARTS) is 1. The molecule has 0 radical (unpaired) electrons. The predicted molar refractivity (Wildman–Crippen MR) is 116 cm³/mol. The van der Waals surface area contributed by atoms with Gasteiger partial charge in [-0.1, -0.05) is 5.16 Å². The monoisotopic (exact) mass is 483 g/mol. The first-order chi connectivity index (χ1) is 15.1. The van der Waals surface area contributed by atoms with E-state index in [1.807, 2.05) is 0 Å². The number of oxime groups is 1. The zero-order valence-electron chi connectivity index (χ0n) is 17.4. The molecule has 172 valence electrons. The number of carbonyl (C=O) groups is 4. The summed E-state index contributed by atoms with van der Waals surface area (Å²) in [6.45, 7) is 4.44. The highest BCUT2D eigenvalue weighted by molar-refractivity contribution is 8.00. The second-order valence-corrected chi connectivity index (χ2v) is 9.06. The van der Waals surface area contributed by atoms with Crippen molar-refractivity contribution in [2.24, 2.45) is 5.16 Å². The third-order valence-electron chi connectivity index (χ3n) is 4.32. The van der Waals surface area contributed by atoms with E-state index in [-0.39, 0.29) is 40.7 Å². The maximum absolute atomic E-state index is 12.9. The minimum absolute atomic E-state index is 0.150. The molecule has 0 spiro atoms. The summed E-state index contributed by atoms with van der Waals surface area (Å²) in [7, 11) is 0. The van der Waals surface area contributed by atoms with Gasteiger partial charge in [0, 0.05) is 23.6 Å². The minimum atomic E-state index is -1.32. The van der Waals surface area contributed by atoms with E-state index in [0.717, 1.165) is 16.2 Å². The van der Waals surface area contributed by atoms with Crippen LogP contribution in [0.2, 0.25) is 0 Å². The lowest BCUT2D eigenvalue weighted by molar-refractivity contribution is -0.150. The molecule has 0 saturated carbocycles. The predicted octanol–water partition coefficient (Wildman–Crippen LogP) is 0.156. The van der Waals surface area contributed by atoms with Crippen LogP contribution >= 0.6 is 23.1 Å². The lowest BCUT2D eigenvalue weighted by atomic mass is 10.0. The molecule has 1 saturated heterocycles. The maximum atomic E-state index is 12.9. The number of carbonyl (C=O) groups excluding carboxylic acids is 3. The number of ether oxygens (including phenoxy) is 1. The van der Waals surface area contributed by atoms with Crippen LogP contribution in [0.15, 0.2) is 21.8 Å². The highest BCUT2D eigenvalue weighted by Crippen LogP contribution is 2.40. The van der Waals surface area contributed by atoms with Crippen molar-refractivity contribution in [3.8, 4) is 0 Å². The number of nitrogens with two attached hydrogens (primary N) is 1. The van der Waals surface area contributed by atoms with Crippen molar-refractivity contribution < 1.29 is 33.9 Å². The SMILES string of the molecule is CC(=O)OCC1=C(C(=O)O)N2C(=O)C(NC(=O)C(=NOC(C)C)c3csc(N)n3)[C@@H]2SC1. The Bertz CT molecular complexity index is 1020. The van der Waals surface area contributed by atoms with Crippen molar-refractivity contribution in [2.75, 3.05) is 18.1 Å². The topological polar surface area (TPSA) is 174 Å². The van der Waals surface area contributed by atoms with Crippen LogP contribution in [0.5, 0.6) is 0 Å². The first-order valence-corrected chi connectivity index (χ1v) is 11.3. The molecule has 12 nitrogen and oxygen atoms in total. The normalized spacial score (nSPS) is 20.6. The van der Waals surface area contributed by atoms with Crippen molar-refractivity contribution in [1.29, 1.82) is 0 Å². The molecule has 3 rings (SSSR count). The number of aliphatic carboxylic acids is 1. The fraction of sp³-hybridized carbons (Fsp3) is 0.444. The number of β-lactam (4-membered cyclic amide) rings is 1. The van der Waals surface area contributed by atoms with Gasteiger partial charge in [0.2, 0.25) is 0 Å². The molecule has 4 N–H and O–H groups in total. The van der Waals surface area contributed by atoms with Crippen LogP contribution in [0.25, 0.3) is 0 Å². The highest BCUT2D eigenvalue weighted by atomic mass is 32.2. The molecule has 2 aliphatic heterocycles. The Kier molecular flexibility index (Phi) is 7.03. The number of nitrogens with one attached hydrogen (secondary N) is 1. The maximum Gasteiger partial charge on any atom is 0.352 e. The number of anilines is 1. The van der Waals surface area contributed by atoms with Gasteiger partial charge in [0.15, 0.2) is 10.8 Å². The smallest absolute Gasteiger partial charge is 0.352 e. The highest BCUT2D eigenvalue weighted by Gasteiger charge is 2.54. The van der Waals surface area contributed by atoms with E-state index in [4.69, 9.17) is 15.3 Å². The number of nitrogens with zero attached hydrogens (tertiary/aromatic N) is 3. The summed E-state index contributed by atoms with van der Waals surface area (Å²) >= 11 is 2.37. The average molecular weight is 484 g/mol. The standard InChI is InChI=1S/C18H21N5O7S2/c1-7(2)30-22-11(10-6-32-18(19)20-10)14(25)21-12-15(26)23-13(17(27)28)9(4-29-8(3)24)5-31-16(12)23/h6-7,12,16H,4-5H2,1-3H3,(H2,19,20)(H,21,25)(H,27,28)/t12?,16-/m0/s1. The van der Waals surface area contributed by atoms with Crippen LogP contribution < -0.4 is 11.1 Å². The number of hydrogen-bond donors (Lipinski definition) is 3. The van der Waals surface area contributed by atoms with Crippen LogP contribution in [0.1, 0.15) is 26.5 Å². The van der Waals surface area contributed by atoms with Gasteiger partial charge in [0.05, 0.1) is 0 Å². The van der Waals surface area contributed by atoms with E-state index in [0.29, 0.717) is 5.57 Å². The number of amides is 2. The molecule has 0 aliphatic carbocycles.